The highest BCUT2D eigenvalue weighted by molar-refractivity contribution is 6.02. The van der Waals surface area contributed by atoms with E-state index in [2.05, 4.69) is 5.32 Å². The van der Waals surface area contributed by atoms with Crippen LogP contribution in [0.5, 0.6) is 0 Å². The molecule has 18 heavy (non-hydrogen) atoms. The molecule has 1 aromatic heterocycles. The van der Waals surface area contributed by atoms with E-state index in [0.29, 0.717) is 11.3 Å². The van der Waals surface area contributed by atoms with Crippen molar-refractivity contribution in [2.75, 3.05) is 10.8 Å². The minimum absolute atomic E-state index is 0.0657. The lowest BCUT2D eigenvalue weighted by atomic mass is 10.2. The third kappa shape index (κ3) is 2.48. The van der Waals surface area contributed by atoms with E-state index >= 15 is 0 Å². The third-order valence-electron chi connectivity index (χ3n) is 2.21. The molecule has 0 bridgehead atoms. The molecule has 6 heteroatoms. The fraction of sp³-hybridized carbons (Fsp3) is 0. The first-order chi connectivity index (χ1) is 8.72. The summed E-state index contributed by atoms with van der Waals surface area (Å²) < 4.78 is 4.99. The Kier molecular flexibility index (Phi) is 3.27. The highest BCUT2D eigenvalue weighted by Gasteiger charge is 2.11. The molecule has 0 radical (unpaired) electrons. The van der Waals surface area contributed by atoms with E-state index in [-0.39, 0.29) is 11.6 Å². The second-order valence-electron chi connectivity index (χ2n) is 3.42. The Morgan fingerprint density at radius 2 is 1.94 bits per heavy atom. The maximum atomic E-state index is 11.7. The van der Waals surface area contributed by atoms with Crippen LogP contribution >= 0.6 is 0 Å². The molecule has 1 amide bonds. The van der Waals surface area contributed by atoms with Crippen LogP contribution in [0, 0.1) is 11.3 Å². The van der Waals surface area contributed by atoms with Crippen molar-refractivity contribution in [3.63, 3.8) is 0 Å². The van der Waals surface area contributed by atoms with Gasteiger partial charge in [0, 0.05) is 11.8 Å². The van der Waals surface area contributed by atoms with E-state index < -0.39 is 5.91 Å². The van der Waals surface area contributed by atoms with Crippen molar-refractivity contribution >= 4 is 17.5 Å². The fourth-order valence-corrected chi connectivity index (χ4v) is 1.34. The lowest BCUT2D eigenvalue weighted by molar-refractivity contribution is 0.0997. The van der Waals surface area contributed by atoms with Gasteiger partial charge in [-0.1, -0.05) is 0 Å². The van der Waals surface area contributed by atoms with Crippen LogP contribution in [0.15, 0.2) is 40.8 Å². The molecule has 90 valence electrons. The monoisotopic (exact) mass is 243 g/mol. The average molecular weight is 243 g/mol. The van der Waals surface area contributed by atoms with Crippen LogP contribution in [-0.4, -0.2) is 11.1 Å². The number of hydrogen-bond acceptors (Lipinski definition) is 5. The normalized spacial score (nSPS) is 9.56. The molecular formula is C12H9N3O3. The third-order valence-corrected chi connectivity index (χ3v) is 2.21. The molecular weight excluding hydrogens is 234 g/mol. The van der Waals surface area contributed by atoms with Crippen molar-refractivity contribution in [2.24, 2.45) is 0 Å². The van der Waals surface area contributed by atoms with Gasteiger partial charge in [-0.2, -0.15) is 5.26 Å². The van der Waals surface area contributed by atoms with Gasteiger partial charge in [-0.05, 0) is 30.3 Å². The van der Waals surface area contributed by atoms with Gasteiger partial charge in [0.25, 0.3) is 5.91 Å². The molecule has 0 aliphatic rings. The first-order valence-electron chi connectivity index (χ1n) is 5.04. The van der Waals surface area contributed by atoms with Gasteiger partial charge in [-0.15, -0.1) is 0 Å². The molecule has 1 aromatic carbocycles. The molecule has 0 atom stereocenters. The zero-order chi connectivity index (χ0) is 13.0. The van der Waals surface area contributed by atoms with Crippen LogP contribution < -0.4 is 10.8 Å². The summed E-state index contributed by atoms with van der Waals surface area (Å²) in [7, 11) is 0. The first kappa shape index (κ1) is 11.7. The maximum Gasteiger partial charge on any atom is 0.291 e. The van der Waals surface area contributed by atoms with Crippen LogP contribution in [-0.2, 0) is 0 Å². The smallest absolute Gasteiger partial charge is 0.291 e. The quantitative estimate of drug-likeness (QED) is 0.718. The largest absolute Gasteiger partial charge is 0.433 e. The van der Waals surface area contributed by atoms with Crippen molar-refractivity contribution in [1.29, 1.82) is 5.26 Å². The van der Waals surface area contributed by atoms with Gasteiger partial charge in [0.2, 0.25) is 5.88 Å². The molecule has 0 aliphatic heterocycles. The standard InChI is InChI=1S/C12H9N3O3/c13-7-8-1-3-9(4-2-8)14-12(16)10-5-6-11(15-17)18-10/h1-6,15,17H,(H,14,16). The molecule has 0 saturated carbocycles. The van der Waals surface area contributed by atoms with E-state index in [1.165, 1.54) is 12.1 Å². The summed E-state index contributed by atoms with van der Waals surface area (Å²) in [5.41, 5.74) is 2.86. The number of nitrogens with one attached hydrogen (secondary N) is 2. The summed E-state index contributed by atoms with van der Waals surface area (Å²) in [5, 5.41) is 19.8. The van der Waals surface area contributed by atoms with E-state index in [1.54, 1.807) is 29.7 Å². The molecule has 0 aliphatic carbocycles. The zero-order valence-corrected chi connectivity index (χ0v) is 9.18. The number of nitriles is 1. The van der Waals surface area contributed by atoms with Crippen LogP contribution in [0.25, 0.3) is 0 Å². The Morgan fingerprint density at radius 1 is 1.22 bits per heavy atom. The number of nitrogens with zero attached hydrogens (tertiary/aromatic N) is 1. The molecule has 3 N–H and O–H groups in total. The van der Waals surface area contributed by atoms with Crippen LogP contribution in [0.4, 0.5) is 11.6 Å². The van der Waals surface area contributed by atoms with Gasteiger partial charge in [-0.25, -0.2) is 5.48 Å². The maximum absolute atomic E-state index is 11.7. The summed E-state index contributed by atoms with van der Waals surface area (Å²) in [4.78, 5) is 11.7. The minimum atomic E-state index is -0.443. The highest BCUT2D eigenvalue weighted by atomic mass is 16.5. The second kappa shape index (κ2) is 5.03. The van der Waals surface area contributed by atoms with Crippen LogP contribution in [0.3, 0.4) is 0 Å². The summed E-state index contributed by atoms with van der Waals surface area (Å²) in [6, 6.07) is 11.3. The van der Waals surface area contributed by atoms with Gasteiger partial charge < -0.3 is 9.73 Å². The number of rotatable bonds is 3. The van der Waals surface area contributed by atoms with Crippen molar-refractivity contribution in [3.8, 4) is 6.07 Å². The van der Waals surface area contributed by atoms with E-state index in [9.17, 15) is 4.79 Å². The molecule has 0 spiro atoms. The van der Waals surface area contributed by atoms with E-state index in [4.69, 9.17) is 14.9 Å². The van der Waals surface area contributed by atoms with E-state index in [0.717, 1.165) is 0 Å². The molecule has 0 fully saturated rings. The van der Waals surface area contributed by atoms with Gasteiger partial charge in [0.15, 0.2) is 5.76 Å². The molecule has 0 unspecified atom stereocenters. The van der Waals surface area contributed by atoms with Gasteiger partial charge in [-0.3, -0.25) is 10.0 Å². The molecule has 0 saturated heterocycles. The Morgan fingerprint density at radius 3 is 2.50 bits per heavy atom. The first-order valence-corrected chi connectivity index (χ1v) is 5.04. The predicted molar refractivity (Wildman–Crippen MR) is 63.2 cm³/mol. The van der Waals surface area contributed by atoms with Crippen molar-refractivity contribution in [3.05, 3.63) is 47.7 Å². The Labute approximate surface area is 102 Å². The Bertz CT molecular complexity index is 596. The molecule has 2 aromatic rings. The topological polar surface area (TPSA) is 98.3 Å². The van der Waals surface area contributed by atoms with Crippen molar-refractivity contribution < 1.29 is 14.4 Å². The summed E-state index contributed by atoms with van der Waals surface area (Å²) in [6.45, 7) is 0. The van der Waals surface area contributed by atoms with Crippen molar-refractivity contribution in [1.82, 2.24) is 0 Å². The molecule has 2 rings (SSSR count). The predicted octanol–water partition coefficient (Wildman–Crippen LogP) is 2.20. The van der Waals surface area contributed by atoms with Gasteiger partial charge in [0.1, 0.15) is 0 Å². The number of amides is 1. The summed E-state index contributed by atoms with van der Waals surface area (Å²) >= 11 is 0. The van der Waals surface area contributed by atoms with Crippen LogP contribution in [0.2, 0.25) is 0 Å². The number of carbonyl (C=O) groups is 1. The molecule has 1 heterocycles. The van der Waals surface area contributed by atoms with Crippen LogP contribution in [0.1, 0.15) is 16.1 Å². The summed E-state index contributed by atoms with van der Waals surface area (Å²) in [6.07, 6.45) is 0. The lowest BCUT2D eigenvalue weighted by Gasteiger charge is -2.02. The minimum Gasteiger partial charge on any atom is -0.433 e. The Balaban J connectivity index is 2.08. The average Bonchev–Trinajstić information content (AvgIpc) is 2.88. The fourth-order valence-electron chi connectivity index (χ4n) is 1.34. The zero-order valence-electron chi connectivity index (χ0n) is 9.18. The van der Waals surface area contributed by atoms with Gasteiger partial charge in [0.05, 0.1) is 11.6 Å². The lowest BCUT2D eigenvalue weighted by Crippen LogP contribution is -2.10. The number of anilines is 2. The van der Waals surface area contributed by atoms with E-state index in [1.807, 2.05) is 6.07 Å². The molecule has 6 nitrogen and oxygen atoms in total. The number of hydrogen-bond donors (Lipinski definition) is 3. The second-order valence-corrected chi connectivity index (χ2v) is 3.42. The SMILES string of the molecule is N#Cc1ccc(NC(=O)c2ccc(NO)o2)cc1. The number of carbonyl (C=O) groups excluding carboxylic acids is 1. The summed E-state index contributed by atoms with van der Waals surface area (Å²) in [5.74, 6) is -0.294. The number of benzene rings is 1. The Hall–Kier alpha value is -2.78. The van der Waals surface area contributed by atoms with Crippen molar-refractivity contribution in [2.45, 2.75) is 0 Å². The highest BCUT2D eigenvalue weighted by Crippen LogP contribution is 2.15. The number of furan rings is 1. The van der Waals surface area contributed by atoms with Gasteiger partial charge >= 0.3 is 0 Å².